The number of cyclic esters (lactones) is 1. The van der Waals surface area contributed by atoms with Crippen LogP contribution in [0.4, 0.5) is 0 Å². The van der Waals surface area contributed by atoms with Gasteiger partial charge >= 0.3 is 5.97 Å². The van der Waals surface area contributed by atoms with Gasteiger partial charge in [-0.25, -0.2) is 0 Å². The summed E-state index contributed by atoms with van der Waals surface area (Å²) in [7, 11) is 1.31. The van der Waals surface area contributed by atoms with Crippen LogP contribution in [0.3, 0.4) is 0 Å². The maximum Gasteiger partial charge on any atom is 0.314 e. The predicted octanol–water partition coefficient (Wildman–Crippen LogP) is -0.189. The molecule has 3 fully saturated rings. The summed E-state index contributed by atoms with van der Waals surface area (Å²) in [6.45, 7) is 2.74. The van der Waals surface area contributed by atoms with Gasteiger partial charge in [0.25, 0.3) is 0 Å². The van der Waals surface area contributed by atoms with Crippen LogP contribution >= 0.6 is 0 Å². The first kappa shape index (κ1) is 16.0. The number of hydrogen-bond acceptors (Lipinski definition) is 8. The summed E-state index contributed by atoms with van der Waals surface area (Å²) in [6, 6.07) is 0. The number of methoxy groups -OCH3 is 1. The fourth-order valence-electron chi connectivity index (χ4n) is 6.65. The third kappa shape index (κ3) is 1.03. The second-order valence-electron chi connectivity index (χ2n) is 7.95. The molecule has 5 atom stereocenters. The second-order valence-corrected chi connectivity index (χ2v) is 7.95. The molecule has 5 rings (SSSR count). The van der Waals surface area contributed by atoms with Gasteiger partial charge in [0.2, 0.25) is 11.6 Å². The van der Waals surface area contributed by atoms with Gasteiger partial charge in [0.05, 0.1) is 42.5 Å². The summed E-state index contributed by atoms with van der Waals surface area (Å²) in [5.74, 6) is -4.03. The number of allylic oxidation sites excluding steroid dienone is 1. The summed E-state index contributed by atoms with van der Waals surface area (Å²) in [4.78, 5) is 39.5. The quantitative estimate of drug-likeness (QED) is 0.616. The fourth-order valence-corrected chi connectivity index (χ4v) is 6.65. The minimum atomic E-state index is -2.23. The highest BCUT2D eigenvalue weighted by Crippen LogP contribution is 2.81. The number of carbonyl (C=O) groups excluding carboxylic acids is 3. The van der Waals surface area contributed by atoms with E-state index in [1.807, 2.05) is 0 Å². The SMILES string of the molecule is COC1=C(C)[C@@]23COC(=O)[C@]2(C)[C@]24COCC2=C(O)C(=O)[C@H]3[C@]4(O)C1=O. The highest BCUT2D eigenvalue weighted by atomic mass is 16.5. The van der Waals surface area contributed by atoms with Crippen molar-refractivity contribution in [3.05, 3.63) is 22.7 Å². The van der Waals surface area contributed by atoms with E-state index >= 15 is 0 Å². The van der Waals surface area contributed by atoms with Gasteiger partial charge in [0, 0.05) is 5.57 Å². The molecule has 8 nitrogen and oxygen atoms in total. The standard InChI is InChI=1S/C18H18O8/c1-7-11(24-3)13(21)18(23)12-10(20)9(19)8-4-25-6-17(8,18)15(2)14(22)26-5-16(7,12)15/h12,19,23H,4-6H2,1-3H3/t12-,15+,16-,17+,18+/m1/s1. The van der Waals surface area contributed by atoms with E-state index in [2.05, 4.69) is 0 Å². The molecular formula is C18H18O8. The minimum Gasteiger partial charge on any atom is -0.504 e. The van der Waals surface area contributed by atoms with Crippen molar-refractivity contribution in [1.82, 2.24) is 0 Å². The Morgan fingerprint density at radius 1 is 1.23 bits per heavy atom. The fraction of sp³-hybridized carbons (Fsp3) is 0.611. The molecule has 2 N–H and O–H groups in total. The molecule has 1 saturated carbocycles. The lowest BCUT2D eigenvalue weighted by Crippen LogP contribution is -2.65. The first-order chi connectivity index (χ1) is 12.2. The van der Waals surface area contributed by atoms with Crippen molar-refractivity contribution in [2.75, 3.05) is 26.9 Å². The first-order valence-corrected chi connectivity index (χ1v) is 8.42. The van der Waals surface area contributed by atoms with Gasteiger partial charge < -0.3 is 24.4 Å². The van der Waals surface area contributed by atoms with Crippen LogP contribution < -0.4 is 0 Å². The van der Waals surface area contributed by atoms with Crippen LogP contribution in [0, 0.1) is 22.2 Å². The van der Waals surface area contributed by atoms with Crippen molar-refractivity contribution in [3.63, 3.8) is 0 Å². The number of aliphatic hydroxyl groups excluding tert-OH is 1. The number of carbonyl (C=O) groups is 3. The van der Waals surface area contributed by atoms with Crippen molar-refractivity contribution < 1.29 is 38.8 Å². The molecular weight excluding hydrogens is 344 g/mol. The largest absolute Gasteiger partial charge is 0.504 e. The molecule has 2 aliphatic heterocycles. The molecule has 3 aliphatic carbocycles. The van der Waals surface area contributed by atoms with E-state index in [0.717, 1.165) is 0 Å². The smallest absolute Gasteiger partial charge is 0.314 e. The zero-order valence-electron chi connectivity index (χ0n) is 14.5. The predicted molar refractivity (Wildman–Crippen MR) is 82.6 cm³/mol. The zero-order valence-corrected chi connectivity index (χ0v) is 14.5. The van der Waals surface area contributed by atoms with Gasteiger partial charge in [-0.05, 0) is 19.4 Å². The molecule has 8 heteroatoms. The van der Waals surface area contributed by atoms with Crippen LogP contribution in [0.5, 0.6) is 0 Å². The number of Topliss-reactive ketones (excluding diaryl/α,β-unsaturated/α-hetero) is 2. The van der Waals surface area contributed by atoms with Gasteiger partial charge in [-0.15, -0.1) is 0 Å². The lowest BCUT2D eigenvalue weighted by atomic mass is 9.54. The molecule has 0 unspecified atom stereocenters. The Labute approximate surface area is 148 Å². The monoisotopic (exact) mass is 362 g/mol. The van der Waals surface area contributed by atoms with E-state index in [1.165, 1.54) is 7.11 Å². The highest BCUT2D eigenvalue weighted by molar-refractivity contribution is 6.15. The Morgan fingerprint density at radius 2 is 1.92 bits per heavy atom. The van der Waals surface area contributed by atoms with Crippen LogP contribution in [0.15, 0.2) is 22.7 Å². The van der Waals surface area contributed by atoms with Crippen molar-refractivity contribution in [2.45, 2.75) is 19.4 Å². The van der Waals surface area contributed by atoms with E-state index in [4.69, 9.17) is 14.2 Å². The molecule has 2 spiro atoms. The molecule has 138 valence electrons. The Kier molecular flexibility index (Phi) is 2.49. The van der Waals surface area contributed by atoms with E-state index in [-0.39, 0.29) is 31.2 Å². The molecule has 0 aromatic rings. The molecule has 2 saturated heterocycles. The highest BCUT2D eigenvalue weighted by Gasteiger charge is 2.94. The maximum absolute atomic E-state index is 13.3. The second kappa shape index (κ2) is 4.04. The number of rotatable bonds is 1. The summed E-state index contributed by atoms with van der Waals surface area (Å²) in [6.07, 6.45) is 0. The van der Waals surface area contributed by atoms with Gasteiger partial charge in [-0.3, -0.25) is 14.4 Å². The zero-order chi connectivity index (χ0) is 18.9. The Balaban J connectivity index is 2.03. The third-order valence-corrected chi connectivity index (χ3v) is 7.77. The molecule has 0 radical (unpaired) electrons. The van der Waals surface area contributed by atoms with Crippen molar-refractivity contribution in [3.8, 4) is 0 Å². The molecule has 5 aliphatic rings. The van der Waals surface area contributed by atoms with Crippen molar-refractivity contribution >= 4 is 17.5 Å². The van der Waals surface area contributed by atoms with E-state index in [9.17, 15) is 24.6 Å². The number of ether oxygens (including phenoxy) is 3. The maximum atomic E-state index is 13.3. The summed E-state index contributed by atoms with van der Waals surface area (Å²) in [5, 5.41) is 22.4. The molecule has 0 amide bonds. The Morgan fingerprint density at radius 3 is 2.58 bits per heavy atom. The summed E-state index contributed by atoms with van der Waals surface area (Å²) >= 11 is 0. The van der Waals surface area contributed by atoms with Crippen LogP contribution in [0.1, 0.15) is 13.8 Å². The third-order valence-electron chi connectivity index (χ3n) is 7.77. The Bertz CT molecular complexity index is 899. The van der Waals surface area contributed by atoms with E-state index in [1.54, 1.807) is 13.8 Å². The van der Waals surface area contributed by atoms with Gasteiger partial charge in [-0.2, -0.15) is 0 Å². The van der Waals surface area contributed by atoms with E-state index < -0.39 is 51.1 Å². The topological polar surface area (TPSA) is 119 Å². The summed E-state index contributed by atoms with van der Waals surface area (Å²) in [5.41, 5.74) is -6.07. The van der Waals surface area contributed by atoms with E-state index in [0.29, 0.717) is 5.57 Å². The molecule has 0 aromatic heterocycles. The first-order valence-electron chi connectivity index (χ1n) is 8.42. The van der Waals surface area contributed by atoms with Crippen LogP contribution in [-0.2, 0) is 28.6 Å². The minimum absolute atomic E-state index is 0.0643. The molecule has 0 aromatic carbocycles. The lowest BCUT2D eigenvalue weighted by molar-refractivity contribution is -0.176. The van der Waals surface area contributed by atoms with Gasteiger partial charge in [-0.1, -0.05) is 0 Å². The lowest BCUT2D eigenvalue weighted by Gasteiger charge is -2.48. The molecule has 2 heterocycles. The van der Waals surface area contributed by atoms with Gasteiger partial charge in [0.1, 0.15) is 6.61 Å². The average Bonchev–Trinajstić information content (AvgIpc) is 3.19. The number of ketones is 2. The number of esters is 1. The Hall–Kier alpha value is -2.19. The normalized spacial score (nSPS) is 48.8. The molecule has 26 heavy (non-hydrogen) atoms. The van der Waals surface area contributed by atoms with Crippen LogP contribution in [0.25, 0.3) is 0 Å². The van der Waals surface area contributed by atoms with Crippen LogP contribution in [0.2, 0.25) is 0 Å². The molecule has 4 bridgehead atoms. The van der Waals surface area contributed by atoms with Crippen LogP contribution in [-0.4, -0.2) is 60.3 Å². The average molecular weight is 362 g/mol. The van der Waals surface area contributed by atoms with Gasteiger partial charge in [0.15, 0.2) is 17.1 Å². The summed E-state index contributed by atoms with van der Waals surface area (Å²) < 4.78 is 16.2. The number of hydrogen-bond donors (Lipinski definition) is 2. The van der Waals surface area contributed by atoms with Crippen molar-refractivity contribution in [1.29, 1.82) is 0 Å². The van der Waals surface area contributed by atoms with Crippen molar-refractivity contribution in [2.24, 2.45) is 22.2 Å². The number of aliphatic hydroxyl groups is 2.